The molecular weight excluding hydrogens is 580 g/mol. The number of sulfonamides is 1. The highest BCUT2D eigenvalue weighted by Gasteiger charge is 2.40. The summed E-state index contributed by atoms with van der Waals surface area (Å²) in [7, 11) is -2.54. The molecule has 3 aromatic carbocycles. The number of nitrogens with one attached hydrogen (secondary N) is 2. The number of esters is 1. The van der Waals surface area contributed by atoms with Crippen molar-refractivity contribution in [2.45, 2.75) is 36.6 Å². The summed E-state index contributed by atoms with van der Waals surface area (Å²) in [6, 6.07) is 22.0. The molecule has 0 aromatic heterocycles. The number of halogens is 1. The molecule has 1 amide bonds. The van der Waals surface area contributed by atoms with Crippen LogP contribution in [-0.2, 0) is 30.8 Å². The van der Waals surface area contributed by atoms with Crippen molar-refractivity contribution in [1.82, 2.24) is 4.90 Å². The van der Waals surface area contributed by atoms with Crippen LogP contribution in [0.1, 0.15) is 30.4 Å². The summed E-state index contributed by atoms with van der Waals surface area (Å²) >= 11 is 0. The van der Waals surface area contributed by atoms with E-state index < -0.39 is 21.9 Å². The average molecular weight is 615 g/mol. The Balaban J connectivity index is 0.00000484. The van der Waals surface area contributed by atoms with Crippen molar-refractivity contribution in [1.29, 1.82) is 5.41 Å². The second kappa shape index (κ2) is 14.7. The number of aryl methyl sites for hydroxylation is 1. The second-order valence-electron chi connectivity index (χ2n) is 9.87. The Kier molecular flexibility index (Phi) is 11.3. The minimum Gasteiger partial charge on any atom is -0.491 e. The summed E-state index contributed by atoms with van der Waals surface area (Å²) in [5, 5.41) is 7.45. The van der Waals surface area contributed by atoms with Gasteiger partial charge in [0.1, 0.15) is 18.2 Å². The van der Waals surface area contributed by atoms with Crippen LogP contribution < -0.4 is 15.2 Å². The van der Waals surface area contributed by atoms with Crippen LogP contribution in [0.2, 0.25) is 0 Å². The highest BCUT2D eigenvalue weighted by atomic mass is 35.5. The molecule has 0 bridgehead atoms. The van der Waals surface area contributed by atoms with Crippen LogP contribution in [0, 0.1) is 11.3 Å². The lowest BCUT2D eigenvalue weighted by Gasteiger charge is -2.25. The maximum atomic E-state index is 13.2. The molecular formula is C30H35ClN4O6S. The predicted octanol–water partition coefficient (Wildman–Crippen LogP) is 3.99. The summed E-state index contributed by atoms with van der Waals surface area (Å²) in [6.45, 7) is 0.747. The molecule has 42 heavy (non-hydrogen) atoms. The van der Waals surface area contributed by atoms with E-state index in [1.807, 2.05) is 18.2 Å². The first-order chi connectivity index (χ1) is 19.7. The predicted molar refractivity (Wildman–Crippen MR) is 162 cm³/mol. The SMILES string of the molecule is COC(=O)C[C@@H]1C[C@@H](COc2ccc(S(=O)(=O)Nc3ccc(C(=N)N)cc3)cc2)N(CCCc2ccccc2)C1=O.Cl. The number of carbonyl (C=O) groups is 2. The number of benzene rings is 3. The van der Waals surface area contributed by atoms with Gasteiger partial charge in [0.2, 0.25) is 5.91 Å². The number of ether oxygens (including phenoxy) is 2. The van der Waals surface area contributed by atoms with Gasteiger partial charge in [-0.05, 0) is 73.4 Å². The summed E-state index contributed by atoms with van der Waals surface area (Å²) in [5.41, 5.74) is 7.47. The van der Waals surface area contributed by atoms with Gasteiger partial charge >= 0.3 is 5.97 Å². The number of amides is 1. The fraction of sp³-hybridized carbons (Fsp3) is 0.300. The van der Waals surface area contributed by atoms with Crippen molar-refractivity contribution in [2.75, 3.05) is 25.0 Å². The molecule has 2 atom stereocenters. The van der Waals surface area contributed by atoms with E-state index in [1.54, 1.807) is 29.2 Å². The lowest BCUT2D eigenvalue weighted by atomic mass is 10.0. The minimum absolute atomic E-state index is 0. The molecule has 0 aliphatic carbocycles. The number of amidine groups is 1. The van der Waals surface area contributed by atoms with Crippen molar-refractivity contribution < 1.29 is 27.5 Å². The van der Waals surface area contributed by atoms with Crippen LogP contribution in [0.4, 0.5) is 5.69 Å². The number of anilines is 1. The molecule has 224 valence electrons. The first kappa shape index (κ1) is 32.4. The zero-order valence-corrected chi connectivity index (χ0v) is 24.8. The molecule has 1 heterocycles. The average Bonchev–Trinajstić information content (AvgIpc) is 3.26. The molecule has 4 N–H and O–H groups in total. The van der Waals surface area contributed by atoms with E-state index in [2.05, 4.69) is 16.9 Å². The third-order valence-corrected chi connectivity index (χ3v) is 8.40. The zero-order valence-electron chi connectivity index (χ0n) is 23.2. The first-order valence-corrected chi connectivity index (χ1v) is 14.8. The van der Waals surface area contributed by atoms with Crippen molar-refractivity contribution in [3.63, 3.8) is 0 Å². The number of nitrogen functional groups attached to an aromatic ring is 1. The molecule has 10 nitrogen and oxygen atoms in total. The third kappa shape index (κ3) is 8.46. The molecule has 0 saturated carbocycles. The molecule has 3 aromatic rings. The van der Waals surface area contributed by atoms with Gasteiger partial charge in [-0.3, -0.25) is 19.7 Å². The van der Waals surface area contributed by atoms with Gasteiger partial charge in [-0.1, -0.05) is 30.3 Å². The number of likely N-dealkylation sites (tertiary alicyclic amines) is 1. The molecule has 1 aliphatic heterocycles. The Bertz CT molecular complexity index is 1470. The van der Waals surface area contributed by atoms with Gasteiger partial charge in [-0.25, -0.2) is 8.42 Å². The summed E-state index contributed by atoms with van der Waals surface area (Å²) < 4.78 is 38.9. The van der Waals surface area contributed by atoms with Crippen LogP contribution in [-0.4, -0.2) is 57.3 Å². The number of methoxy groups -OCH3 is 1. The minimum atomic E-state index is -3.85. The third-order valence-electron chi connectivity index (χ3n) is 7.00. The van der Waals surface area contributed by atoms with E-state index in [-0.39, 0.29) is 48.1 Å². The fourth-order valence-electron chi connectivity index (χ4n) is 4.81. The van der Waals surface area contributed by atoms with Crippen molar-refractivity contribution in [3.8, 4) is 5.75 Å². The number of hydrogen-bond donors (Lipinski definition) is 3. The topological polar surface area (TPSA) is 152 Å². The fourth-order valence-corrected chi connectivity index (χ4v) is 5.87. The highest BCUT2D eigenvalue weighted by Crippen LogP contribution is 2.29. The van der Waals surface area contributed by atoms with E-state index >= 15 is 0 Å². The first-order valence-electron chi connectivity index (χ1n) is 13.3. The van der Waals surface area contributed by atoms with Crippen LogP contribution in [0.5, 0.6) is 5.75 Å². The van der Waals surface area contributed by atoms with Crippen molar-refractivity contribution in [2.24, 2.45) is 11.7 Å². The standard InChI is InChI=1S/C30H34N4O6S.ClH/c1-39-28(35)19-23-18-25(34(30(23)36)17-5-8-21-6-3-2-4-7-21)20-40-26-13-15-27(16-14-26)41(37,38)33-24-11-9-22(10-12-24)29(31)32;/h2-4,6-7,9-16,23,25,33H,5,8,17-20H2,1H3,(H3,31,32);1H/t23-,25-;/m0./s1. The number of hydrogen-bond acceptors (Lipinski definition) is 7. The zero-order chi connectivity index (χ0) is 29.4. The van der Waals surface area contributed by atoms with Gasteiger partial charge in [0, 0.05) is 17.8 Å². The quantitative estimate of drug-likeness (QED) is 0.150. The Morgan fingerprint density at radius 3 is 2.33 bits per heavy atom. The van der Waals surface area contributed by atoms with Gasteiger partial charge in [0.25, 0.3) is 10.0 Å². The highest BCUT2D eigenvalue weighted by molar-refractivity contribution is 7.92. The Morgan fingerprint density at radius 1 is 1.05 bits per heavy atom. The molecule has 1 fully saturated rings. The van der Waals surface area contributed by atoms with Gasteiger partial charge in [-0.15, -0.1) is 12.4 Å². The molecule has 0 spiro atoms. The number of nitrogens with two attached hydrogens (primary N) is 1. The second-order valence-corrected chi connectivity index (χ2v) is 11.5. The molecule has 4 rings (SSSR count). The van der Waals surface area contributed by atoms with E-state index in [0.717, 1.165) is 12.8 Å². The smallest absolute Gasteiger partial charge is 0.306 e. The van der Waals surface area contributed by atoms with Gasteiger partial charge in [0.05, 0.1) is 30.4 Å². The monoisotopic (exact) mass is 614 g/mol. The summed E-state index contributed by atoms with van der Waals surface area (Å²) in [4.78, 5) is 26.9. The van der Waals surface area contributed by atoms with Crippen LogP contribution >= 0.6 is 12.4 Å². The Hall–Kier alpha value is -4.09. The lowest BCUT2D eigenvalue weighted by molar-refractivity contribution is -0.144. The van der Waals surface area contributed by atoms with Crippen LogP contribution in [0.3, 0.4) is 0 Å². The molecule has 12 heteroatoms. The summed E-state index contributed by atoms with van der Waals surface area (Å²) in [5.74, 6) is -0.611. The number of carbonyl (C=O) groups excluding carboxylic acids is 2. The van der Waals surface area contributed by atoms with Crippen LogP contribution in [0.25, 0.3) is 0 Å². The number of nitrogens with zero attached hydrogens (tertiary/aromatic N) is 1. The molecule has 1 aliphatic rings. The molecule has 0 radical (unpaired) electrons. The largest absolute Gasteiger partial charge is 0.491 e. The van der Waals surface area contributed by atoms with E-state index in [1.165, 1.54) is 36.9 Å². The lowest BCUT2D eigenvalue weighted by Crippen LogP contribution is -2.38. The Labute approximate surface area is 252 Å². The van der Waals surface area contributed by atoms with E-state index in [9.17, 15) is 18.0 Å². The Morgan fingerprint density at radius 2 is 1.71 bits per heavy atom. The van der Waals surface area contributed by atoms with Gasteiger partial charge in [0.15, 0.2) is 0 Å². The van der Waals surface area contributed by atoms with Gasteiger partial charge in [-0.2, -0.15) is 0 Å². The molecule has 1 saturated heterocycles. The van der Waals surface area contributed by atoms with Crippen molar-refractivity contribution in [3.05, 3.63) is 90.0 Å². The van der Waals surface area contributed by atoms with Crippen LogP contribution in [0.15, 0.2) is 83.8 Å². The summed E-state index contributed by atoms with van der Waals surface area (Å²) in [6.07, 6.45) is 2.09. The van der Waals surface area contributed by atoms with E-state index in [0.29, 0.717) is 30.0 Å². The van der Waals surface area contributed by atoms with E-state index in [4.69, 9.17) is 20.6 Å². The maximum absolute atomic E-state index is 13.2. The van der Waals surface area contributed by atoms with Crippen molar-refractivity contribution >= 4 is 45.8 Å². The normalized spacial score (nSPS) is 16.4. The number of rotatable bonds is 13. The van der Waals surface area contributed by atoms with Gasteiger partial charge < -0.3 is 20.1 Å². The molecule has 0 unspecified atom stereocenters. The maximum Gasteiger partial charge on any atom is 0.306 e.